The minimum Gasteiger partial charge on any atom is -0.332 e. The Morgan fingerprint density at radius 1 is 1.18 bits per heavy atom. The van der Waals surface area contributed by atoms with Crippen LogP contribution in [0.1, 0.15) is 26.7 Å². The molecule has 2 heteroatoms. The third-order valence-corrected chi connectivity index (χ3v) is 1.76. The van der Waals surface area contributed by atoms with Gasteiger partial charge in [0.15, 0.2) is 6.73 Å². The molecule has 0 spiro atoms. The van der Waals surface area contributed by atoms with Crippen molar-refractivity contribution in [3.05, 3.63) is 0 Å². The third-order valence-electron chi connectivity index (χ3n) is 1.76. The van der Waals surface area contributed by atoms with Crippen molar-refractivity contribution in [1.29, 1.82) is 0 Å². The topological polar surface area (TPSA) is 9.23 Å². The van der Waals surface area contributed by atoms with Gasteiger partial charge < -0.3 is 9.22 Å². The molecular weight excluding hydrogens is 138 g/mol. The summed E-state index contributed by atoms with van der Waals surface area (Å²) in [7, 11) is 4.43. The van der Waals surface area contributed by atoms with Gasteiger partial charge in [-0.1, -0.05) is 13.3 Å². The van der Waals surface area contributed by atoms with Crippen molar-refractivity contribution >= 4 is 0 Å². The Labute approximate surface area is 70.7 Å². The summed E-state index contributed by atoms with van der Waals surface area (Å²) in [4.78, 5) is 0. The van der Waals surface area contributed by atoms with Crippen LogP contribution < -0.4 is 0 Å². The normalized spacial score (nSPS) is 12.0. The molecule has 68 valence electrons. The summed E-state index contributed by atoms with van der Waals surface area (Å²) >= 11 is 0. The van der Waals surface area contributed by atoms with Crippen molar-refractivity contribution in [2.75, 3.05) is 34.0 Å². The lowest BCUT2D eigenvalue weighted by Crippen LogP contribution is -2.42. The monoisotopic (exact) mass is 160 g/mol. The minimum absolute atomic E-state index is 0.827. The van der Waals surface area contributed by atoms with Crippen molar-refractivity contribution in [3.63, 3.8) is 0 Å². The van der Waals surface area contributed by atoms with E-state index in [1.54, 1.807) is 0 Å². The zero-order chi connectivity index (χ0) is 8.74. The molecule has 0 aliphatic heterocycles. The van der Waals surface area contributed by atoms with E-state index >= 15 is 0 Å². The molecule has 0 bridgehead atoms. The number of hydrogen-bond acceptors (Lipinski definition) is 1. The van der Waals surface area contributed by atoms with Crippen molar-refractivity contribution in [3.8, 4) is 0 Å². The van der Waals surface area contributed by atoms with E-state index in [0.717, 1.165) is 17.8 Å². The molecule has 0 aromatic rings. The van der Waals surface area contributed by atoms with Gasteiger partial charge in [-0.3, -0.25) is 0 Å². The van der Waals surface area contributed by atoms with E-state index in [1.165, 1.54) is 19.4 Å². The number of rotatable bonds is 6. The Morgan fingerprint density at radius 2 is 1.82 bits per heavy atom. The Bertz CT molecular complexity index is 81.6. The number of unbranched alkanes of at least 4 members (excludes halogenated alkanes) is 1. The molecule has 0 atom stereocenters. The smallest absolute Gasteiger partial charge is 0.182 e. The largest absolute Gasteiger partial charge is 0.332 e. The highest BCUT2D eigenvalue weighted by Crippen LogP contribution is 2.01. The Hall–Kier alpha value is -0.0800. The molecule has 0 unspecified atom stereocenters. The van der Waals surface area contributed by atoms with Crippen LogP contribution in [0.2, 0.25) is 0 Å². The summed E-state index contributed by atoms with van der Waals surface area (Å²) in [5.74, 6) is 0. The predicted molar refractivity (Wildman–Crippen MR) is 48.4 cm³/mol. The van der Waals surface area contributed by atoms with Gasteiger partial charge in [-0.25, -0.2) is 0 Å². The minimum atomic E-state index is 0.827. The van der Waals surface area contributed by atoms with Gasteiger partial charge in [-0.2, -0.15) is 0 Å². The molecule has 0 N–H and O–H groups in total. The molecule has 0 heterocycles. The lowest BCUT2D eigenvalue weighted by molar-refractivity contribution is -0.909. The van der Waals surface area contributed by atoms with Crippen LogP contribution in [0.15, 0.2) is 0 Å². The van der Waals surface area contributed by atoms with Crippen LogP contribution in [-0.4, -0.2) is 38.5 Å². The summed E-state index contributed by atoms with van der Waals surface area (Å²) in [5, 5.41) is 0. The van der Waals surface area contributed by atoms with E-state index in [1.807, 2.05) is 6.92 Å². The average molecular weight is 160 g/mol. The van der Waals surface area contributed by atoms with Crippen molar-refractivity contribution in [1.82, 2.24) is 0 Å². The Balaban J connectivity index is 3.43. The molecule has 0 aromatic carbocycles. The maximum Gasteiger partial charge on any atom is 0.182 e. The first kappa shape index (κ1) is 10.9. The van der Waals surface area contributed by atoms with E-state index < -0.39 is 0 Å². The second-order valence-corrected chi connectivity index (χ2v) is 3.63. The van der Waals surface area contributed by atoms with Gasteiger partial charge in [0.1, 0.15) is 0 Å². The van der Waals surface area contributed by atoms with E-state index in [9.17, 15) is 0 Å². The standard InChI is InChI=1S/C9H22NO/c1-5-7-8-10(3,4)9-11-6-2/h5-9H2,1-4H3/q+1. The van der Waals surface area contributed by atoms with Gasteiger partial charge in [0.2, 0.25) is 0 Å². The number of nitrogens with zero attached hydrogens (tertiary/aromatic N) is 1. The van der Waals surface area contributed by atoms with E-state index in [4.69, 9.17) is 4.74 Å². The zero-order valence-electron chi connectivity index (χ0n) is 8.39. The molecule has 0 amide bonds. The first-order chi connectivity index (χ1) is 5.12. The summed E-state index contributed by atoms with van der Waals surface area (Å²) < 4.78 is 6.36. The first-order valence-electron chi connectivity index (χ1n) is 4.52. The SMILES string of the molecule is CCCC[N+](C)(C)COCC. The van der Waals surface area contributed by atoms with E-state index in [2.05, 4.69) is 21.0 Å². The van der Waals surface area contributed by atoms with Gasteiger partial charge in [0, 0.05) is 6.61 Å². The molecule has 2 nitrogen and oxygen atoms in total. The molecule has 0 aliphatic carbocycles. The average Bonchev–Trinajstić information content (AvgIpc) is 1.97. The summed E-state index contributed by atoms with van der Waals surface area (Å²) in [5.41, 5.74) is 0. The maximum atomic E-state index is 5.37. The van der Waals surface area contributed by atoms with Crippen LogP contribution in [-0.2, 0) is 4.74 Å². The van der Waals surface area contributed by atoms with Gasteiger partial charge >= 0.3 is 0 Å². The van der Waals surface area contributed by atoms with Crippen LogP contribution in [0, 0.1) is 0 Å². The van der Waals surface area contributed by atoms with Gasteiger partial charge in [0.25, 0.3) is 0 Å². The van der Waals surface area contributed by atoms with Crippen LogP contribution in [0.3, 0.4) is 0 Å². The van der Waals surface area contributed by atoms with Gasteiger partial charge in [0.05, 0.1) is 20.6 Å². The van der Waals surface area contributed by atoms with Gasteiger partial charge in [-0.05, 0) is 13.3 Å². The molecule has 0 fully saturated rings. The summed E-state index contributed by atoms with van der Waals surface area (Å²) in [6, 6.07) is 0. The highest BCUT2D eigenvalue weighted by Gasteiger charge is 2.12. The van der Waals surface area contributed by atoms with Crippen LogP contribution >= 0.6 is 0 Å². The Kier molecular flexibility index (Phi) is 5.51. The fourth-order valence-electron chi connectivity index (χ4n) is 0.989. The Morgan fingerprint density at radius 3 is 2.27 bits per heavy atom. The van der Waals surface area contributed by atoms with Gasteiger partial charge in [-0.15, -0.1) is 0 Å². The molecule has 0 saturated heterocycles. The summed E-state index contributed by atoms with van der Waals surface area (Å²) in [6.45, 7) is 7.15. The van der Waals surface area contributed by atoms with Crippen LogP contribution in [0.25, 0.3) is 0 Å². The fraction of sp³-hybridized carbons (Fsp3) is 1.00. The van der Waals surface area contributed by atoms with Crippen LogP contribution in [0.5, 0.6) is 0 Å². The number of hydrogen-bond donors (Lipinski definition) is 0. The molecule has 11 heavy (non-hydrogen) atoms. The van der Waals surface area contributed by atoms with Crippen molar-refractivity contribution < 1.29 is 9.22 Å². The van der Waals surface area contributed by atoms with Crippen LogP contribution in [0.4, 0.5) is 0 Å². The van der Waals surface area contributed by atoms with E-state index in [-0.39, 0.29) is 0 Å². The quantitative estimate of drug-likeness (QED) is 0.425. The lowest BCUT2D eigenvalue weighted by Gasteiger charge is -2.28. The highest BCUT2D eigenvalue weighted by atomic mass is 16.5. The van der Waals surface area contributed by atoms with Crippen molar-refractivity contribution in [2.24, 2.45) is 0 Å². The molecule has 0 radical (unpaired) electrons. The molecule has 0 saturated carbocycles. The molecule has 0 aliphatic rings. The van der Waals surface area contributed by atoms with E-state index in [0.29, 0.717) is 0 Å². The second-order valence-electron chi connectivity index (χ2n) is 3.63. The second kappa shape index (κ2) is 5.56. The van der Waals surface area contributed by atoms with Crippen molar-refractivity contribution in [2.45, 2.75) is 26.7 Å². The highest BCUT2D eigenvalue weighted by molar-refractivity contribution is 4.31. The fourth-order valence-corrected chi connectivity index (χ4v) is 0.989. The third kappa shape index (κ3) is 6.32. The first-order valence-corrected chi connectivity index (χ1v) is 4.52. The zero-order valence-corrected chi connectivity index (χ0v) is 8.39. The lowest BCUT2D eigenvalue weighted by atomic mass is 10.3. The summed E-state index contributed by atoms with van der Waals surface area (Å²) in [6.07, 6.45) is 2.56. The maximum absolute atomic E-state index is 5.37. The molecule has 0 rings (SSSR count). The molecular formula is C9H22NO+. The predicted octanol–water partition coefficient (Wildman–Crippen LogP) is 1.86. The number of quaternary nitrogens is 1. The number of ether oxygens (including phenoxy) is 1. The molecule has 0 aromatic heterocycles.